The van der Waals surface area contributed by atoms with E-state index < -0.39 is 0 Å². The van der Waals surface area contributed by atoms with E-state index in [-0.39, 0.29) is 5.78 Å². The molecular formula is C81H66Cl5N17O3. The summed E-state index contributed by atoms with van der Waals surface area (Å²) in [6.07, 6.45) is 0.480. The third-order valence-electron chi connectivity index (χ3n) is 17.9. The molecule has 1 aliphatic heterocycles. The van der Waals surface area contributed by atoms with Crippen molar-refractivity contribution in [1.82, 2.24) is 84.8 Å². The first-order valence-corrected chi connectivity index (χ1v) is 35.8. The predicted molar refractivity (Wildman–Crippen MR) is 421 cm³/mol. The Morgan fingerprint density at radius 2 is 0.670 bits per heavy atom. The predicted octanol–water partition coefficient (Wildman–Crippen LogP) is 18.5. The molecule has 9 heterocycles. The Balaban J connectivity index is 0.000000119. The summed E-state index contributed by atoms with van der Waals surface area (Å²) in [5.74, 6) is 0.905. The second kappa shape index (κ2) is 32.4. The number of carbonyl (C=O) groups is 1. The van der Waals surface area contributed by atoms with Crippen LogP contribution >= 0.6 is 58.0 Å². The van der Waals surface area contributed by atoms with E-state index in [1.54, 1.807) is 21.2 Å². The lowest BCUT2D eigenvalue weighted by molar-refractivity contribution is 0.0361. The van der Waals surface area contributed by atoms with Gasteiger partial charge < -0.3 is 9.47 Å². The minimum Gasteiger partial charge on any atom is -0.497 e. The first kappa shape index (κ1) is 71.8. The Morgan fingerprint density at radius 3 is 1.02 bits per heavy atom. The molecule has 0 aliphatic carbocycles. The summed E-state index contributed by atoms with van der Waals surface area (Å²) < 4.78 is 17.7. The number of carbonyl (C=O) groups excluding carboxylic acids is 1. The molecule has 1 saturated heterocycles. The van der Waals surface area contributed by atoms with Gasteiger partial charge in [0.1, 0.15) is 51.3 Å². The van der Waals surface area contributed by atoms with Crippen molar-refractivity contribution in [2.75, 3.05) is 40.0 Å². The van der Waals surface area contributed by atoms with Crippen LogP contribution in [0.4, 0.5) is 0 Å². The molecule has 0 bridgehead atoms. The van der Waals surface area contributed by atoms with Crippen LogP contribution in [0.15, 0.2) is 224 Å². The van der Waals surface area contributed by atoms with Crippen molar-refractivity contribution >= 4 is 108 Å². The van der Waals surface area contributed by atoms with Crippen LogP contribution in [0.5, 0.6) is 5.75 Å². The maximum absolute atomic E-state index is 11.9. The maximum Gasteiger partial charge on any atom is 0.182 e. The minimum absolute atomic E-state index is 0.114. The standard InChI is InChI=1S/C23H22ClN5O.C21H17ClN4O.C19H15ClN4O.C18H12Cl2N4/c24-20-19-21(17-7-3-1-4-8-17)27-29(12-11-28-13-15-30-16-14-28)23(19)26-25-22(20)18-9-5-2-6-10-18;1-3-16(27)13-9-11-15(12-10-13)19-17-18(22)20(14-7-5-4-6-8-14)23-24-21(17)26(2)25-19;1-24-19-15(17(23-24)13-8-10-14(25-2)11-9-13)16(20)18(21-22-19)12-6-4-3-5-7-12;1-24-18-14(16(23-24)12-7-9-13(19)10-8-12)15(20)17(21-22-18)11-5-3-2-4-6-11/h1-10H,11-16H2;4-12H,3H2,1-2H3;3-11H,1-2H3;2-10H,1H3. The van der Waals surface area contributed by atoms with E-state index in [0.29, 0.717) is 82.5 Å². The number of ketones is 1. The molecule has 17 rings (SSSR count). The van der Waals surface area contributed by atoms with E-state index in [1.165, 1.54) is 0 Å². The van der Waals surface area contributed by atoms with E-state index in [4.69, 9.17) is 72.6 Å². The van der Waals surface area contributed by atoms with Gasteiger partial charge in [-0.3, -0.25) is 9.69 Å². The summed E-state index contributed by atoms with van der Waals surface area (Å²) in [5, 5.41) is 59.7. The van der Waals surface area contributed by atoms with Crippen LogP contribution in [0, 0.1) is 0 Å². The molecule has 1 aliphatic rings. The fourth-order valence-electron chi connectivity index (χ4n) is 12.4. The van der Waals surface area contributed by atoms with Crippen LogP contribution in [0.1, 0.15) is 23.7 Å². The molecule has 528 valence electrons. The van der Waals surface area contributed by atoms with Gasteiger partial charge in [-0.2, -0.15) is 20.4 Å². The van der Waals surface area contributed by atoms with Gasteiger partial charge in [0.2, 0.25) is 0 Å². The molecule has 0 N–H and O–H groups in total. The maximum atomic E-state index is 11.9. The monoisotopic (exact) mass is 1500 g/mol. The van der Waals surface area contributed by atoms with Gasteiger partial charge in [0.05, 0.1) is 68.5 Å². The average molecular weight is 1500 g/mol. The zero-order chi connectivity index (χ0) is 73.4. The van der Waals surface area contributed by atoms with Crippen molar-refractivity contribution in [3.8, 4) is 95.8 Å². The van der Waals surface area contributed by atoms with Crippen molar-refractivity contribution in [1.29, 1.82) is 0 Å². The fraction of sp³-hybridized carbons (Fsp3) is 0.148. The number of aryl methyl sites for hydroxylation is 3. The normalized spacial score (nSPS) is 12.2. The molecule has 8 aromatic carbocycles. The highest BCUT2D eigenvalue weighted by atomic mass is 35.5. The first-order chi connectivity index (χ1) is 51.7. The summed E-state index contributed by atoms with van der Waals surface area (Å²) >= 11 is 33.1. The lowest BCUT2D eigenvalue weighted by atomic mass is 10.0. The Bertz CT molecular complexity index is 5770. The summed E-state index contributed by atoms with van der Waals surface area (Å²) in [4.78, 5) is 14.3. The second-order valence-electron chi connectivity index (χ2n) is 24.6. The Hall–Kier alpha value is -11.2. The van der Waals surface area contributed by atoms with Crippen molar-refractivity contribution in [2.24, 2.45) is 21.1 Å². The largest absolute Gasteiger partial charge is 0.497 e. The van der Waals surface area contributed by atoms with Crippen LogP contribution in [0.3, 0.4) is 0 Å². The number of morpholine rings is 1. The van der Waals surface area contributed by atoms with Gasteiger partial charge >= 0.3 is 0 Å². The second-order valence-corrected chi connectivity index (χ2v) is 26.6. The molecule has 16 aromatic rings. The molecule has 20 nitrogen and oxygen atoms in total. The smallest absolute Gasteiger partial charge is 0.182 e. The highest BCUT2D eigenvalue weighted by Gasteiger charge is 2.26. The number of hydrogen-bond acceptors (Lipinski definition) is 16. The van der Waals surface area contributed by atoms with Crippen molar-refractivity contribution in [2.45, 2.75) is 19.9 Å². The van der Waals surface area contributed by atoms with Crippen LogP contribution in [-0.4, -0.2) is 131 Å². The quantitative estimate of drug-likeness (QED) is 0.0926. The molecule has 0 radical (unpaired) electrons. The molecule has 0 unspecified atom stereocenters. The average Bonchev–Trinajstić information content (AvgIpc) is 1.61. The summed E-state index contributed by atoms with van der Waals surface area (Å²) in [5.41, 5.74) is 16.5. The van der Waals surface area contributed by atoms with Gasteiger partial charge in [-0.1, -0.05) is 253 Å². The number of benzene rings is 8. The summed E-state index contributed by atoms with van der Waals surface area (Å²) in [6.45, 7) is 6.90. The number of rotatable bonds is 14. The van der Waals surface area contributed by atoms with Crippen LogP contribution in [0.2, 0.25) is 25.1 Å². The van der Waals surface area contributed by atoms with Gasteiger partial charge in [0, 0.05) is 102 Å². The topological polar surface area (TPSA) is 213 Å². The lowest BCUT2D eigenvalue weighted by Crippen LogP contribution is -2.38. The molecule has 0 atom stereocenters. The van der Waals surface area contributed by atoms with Crippen LogP contribution in [-0.2, 0) is 32.4 Å². The lowest BCUT2D eigenvalue weighted by Gasteiger charge is -2.26. The Labute approximate surface area is 634 Å². The Morgan fingerprint density at radius 1 is 0.368 bits per heavy atom. The number of nitrogens with zero attached hydrogens (tertiary/aromatic N) is 17. The van der Waals surface area contributed by atoms with Gasteiger partial charge in [-0.25, -0.2) is 18.7 Å². The zero-order valence-electron chi connectivity index (χ0n) is 58.0. The van der Waals surface area contributed by atoms with Crippen molar-refractivity contribution < 1.29 is 14.3 Å². The number of ether oxygens (including phenoxy) is 2. The first-order valence-electron chi connectivity index (χ1n) is 34.0. The van der Waals surface area contributed by atoms with Gasteiger partial charge in [0.25, 0.3) is 0 Å². The number of aromatic nitrogens is 16. The molecule has 0 spiro atoms. The molecular weight excluding hydrogens is 1440 g/mol. The molecule has 0 amide bonds. The van der Waals surface area contributed by atoms with Gasteiger partial charge in [-0.05, 0) is 36.4 Å². The SMILES string of the molecule is CCC(=O)c1ccc(-c2nn(C)c3nnc(-c4ccccc4)c(Cl)c23)cc1.COc1ccc(-c2nn(C)c3nnc(-c4ccccc4)c(Cl)c23)cc1.Clc1c(-c2ccccc2)nnc2c1c(-c1ccccc1)nn2CCN1CCOCC1.Cn1nc(-c2ccc(Cl)cc2)c2c(Cl)c(-c3ccccc3)nnc21. The van der Waals surface area contributed by atoms with Gasteiger partial charge in [-0.15, -0.1) is 40.8 Å². The third-order valence-corrected chi connectivity index (χ3v) is 19.6. The number of halogens is 5. The zero-order valence-corrected chi connectivity index (χ0v) is 61.8. The van der Waals surface area contributed by atoms with E-state index in [1.807, 2.05) is 257 Å². The molecule has 106 heavy (non-hydrogen) atoms. The number of Topliss-reactive ketones (excluding diaryl/α,β-unsaturated/α-hetero) is 1. The summed E-state index contributed by atoms with van der Waals surface area (Å²) in [6, 6.07) is 71.9. The number of hydrogen-bond donors (Lipinski definition) is 0. The third kappa shape index (κ3) is 15.1. The summed E-state index contributed by atoms with van der Waals surface area (Å²) in [7, 11) is 7.12. The minimum atomic E-state index is 0.114. The number of methoxy groups -OCH3 is 1. The van der Waals surface area contributed by atoms with Gasteiger partial charge in [0.15, 0.2) is 28.4 Å². The van der Waals surface area contributed by atoms with E-state index in [9.17, 15) is 4.79 Å². The van der Waals surface area contributed by atoms with Crippen LogP contribution < -0.4 is 4.74 Å². The molecule has 25 heteroatoms. The van der Waals surface area contributed by atoms with Crippen molar-refractivity contribution in [3.63, 3.8) is 0 Å². The van der Waals surface area contributed by atoms with Crippen molar-refractivity contribution in [3.05, 3.63) is 255 Å². The van der Waals surface area contributed by atoms with E-state index in [2.05, 4.69) is 61.0 Å². The Kier molecular flexibility index (Phi) is 22.0. The highest BCUT2D eigenvalue weighted by Crippen LogP contribution is 2.42. The van der Waals surface area contributed by atoms with E-state index in [0.717, 1.165) is 134 Å². The molecule has 8 aromatic heterocycles. The highest BCUT2D eigenvalue weighted by molar-refractivity contribution is 6.40. The number of fused-ring (bicyclic) bond motifs is 4. The fourth-order valence-corrected chi connectivity index (χ4v) is 13.8. The molecule has 0 saturated carbocycles. The van der Waals surface area contributed by atoms with E-state index >= 15 is 0 Å². The van der Waals surface area contributed by atoms with Crippen LogP contribution in [0.25, 0.3) is 134 Å². The molecule has 1 fully saturated rings.